The summed E-state index contributed by atoms with van der Waals surface area (Å²) >= 11 is 0. The molecule has 0 fully saturated rings. The summed E-state index contributed by atoms with van der Waals surface area (Å²) in [5, 5.41) is 10.8. The number of hydrogen-bond donors (Lipinski definition) is 2. The quantitative estimate of drug-likeness (QED) is 0.509. The summed E-state index contributed by atoms with van der Waals surface area (Å²) in [6, 6.07) is 8.07. The number of nitro groups is 1. The molecular weight excluding hydrogens is 265 g/mol. The van der Waals surface area contributed by atoms with Crippen molar-refractivity contribution >= 4 is 11.4 Å². The highest BCUT2D eigenvalue weighted by molar-refractivity contribution is 5.56. The monoisotopic (exact) mass is 277 g/mol. The smallest absolute Gasteiger partial charge is 0.275 e. The van der Waals surface area contributed by atoms with Crippen LogP contribution in [0, 0.1) is 22.9 Å². The first-order valence-electron chi connectivity index (χ1n) is 5.69. The number of rotatable bonds is 4. The molecule has 0 heterocycles. The lowest BCUT2D eigenvalue weighted by Crippen LogP contribution is -2.07. The molecule has 0 atom stereocenters. The Balaban J connectivity index is 2.39. The number of anilines is 1. The van der Waals surface area contributed by atoms with E-state index in [2.05, 4.69) is 5.43 Å². The van der Waals surface area contributed by atoms with Crippen LogP contribution in [-0.2, 0) is 0 Å². The lowest BCUT2D eigenvalue weighted by molar-refractivity contribution is -0.384. The van der Waals surface area contributed by atoms with E-state index in [1.165, 1.54) is 30.3 Å². The van der Waals surface area contributed by atoms with Gasteiger partial charge in [0.05, 0.1) is 16.7 Å². The largest absolute Gasteiger partial charge is 0.457 e. The molecule has 0 unspecified atom stereocenters. The zero-order chi connectivity index (χ0) is 14.7. The summed E-state index contributed by atoms with van der Waals surface area (Å²) in [5.74, 6) is 5.28. The van der Waals surface area contributed by atoms with Crippen molar-refractivity contribution in [1.29, 1.82) is 0 Å². The molecule has 20 heavy (non-hydrogen) atoms. The normalized spacial score (nSPS) is 10.2. The standard InChI is InChI=1S/C13H12FN3O3/c1-8-2-3-9(14)4-13(8)20-12-6-10(16-15)5-11(7-12)17(18)19/h2-7,16H,15H2,1H3. The minimum absolute atomic E-state index is 0.176. The van der Waals surface area contributed by atoms with Crippen LogP contribution >= 0.6 is 0 Å². The lowest BCUT2D eigenvalue weighted by atomic mass is 10.2. The van der Waals surface area contributed by atoms with E-state index in [4.69, 9.17) is 10.6 Å². The SMILES string of the molecule is Cc1ccc(F)cc1Oc1cc(NN)cc([N+](=O)[O-])c1. The number of nitrogens with two attached hydrogens (primary N) is 1. The van der Waals surface area contributed by atoms with Gasteiger partial charge in [0.2, 0.25) is 0 Å². The van der Waals surface area contributed by atoms with Gasteiger partial charge < -0.3 is 10.2 Å². The van der Waals surface area contributed by atoms with Crippen molar-refractivity contribution in [3.63, 3.8) is 0 Å². The fourth-order valence-electron chi connectivity index (χ4n) is 1.64. The topological polar surface area (TPSA) is 90.4 Å². The maximum absolute atomic E-state index is 13.2. The summed E-state index contributed by atoms with van der Waals surface area (Å²) < 4.78 is 18.7. The number of nitrogens with zero attached hydrogens (tertiary/aromatic N) is 1. The van der Waals surface area contributed by atoms with Crippen LogP contribution in [0.25, 0.3) is 0 Å². The van der Waals surface area contributed by atoms with Crippen molar-refractivity contribution in [3.05, 3.63) is 57.9 Å². The molecule has 0 aliphatic carbocycles. The van der Waals surface area contributed by atoms with E-state index < -0.39 is 10.7 Å². The van der Waals surface area contributed by atoms with Crippen molar-refractivity contribution in [2.24, 2.45) is 5.84 Å². The Bertz CT molecular complexity index is 661. The number of hydrazine groups is 1. The summed E-state index contributed by atoms with van der Waals surface area (Å²) in [6.07, 6.45) is 0. The van der Waals surface area contributed by atoms with Gasteiger partial charge in [-0.15, -0.1) is 0 Å². The third-order valence-corrected chi connectivity index (χ3v) is 2.65. The molecule has 0 amide bonds. The minimum atomic E-state index is -0.563. The molecule has 2 aromatic rings. The van der Waals surface area contributed by atoms with Crippen LogP contribution in [0.5, 0.6) is 11.5 Å². The Kier molecular flexibility index (Phi) is 3.81. The molecule has 0 spiro atoms. The van der Waals surface area contributed by atoms with Crippen molar-refractivity contribution < 1.29 is 14.1 Å². The fraction of sp³-hybridized carbons (Fsp3) is 0.0769. The number of nitro benzene ring substituents is 1. The van der Waals surface area contributed by atoms with E-state index in [1.54, 1.807) is 13.0 Å². The van der Waals surface area contributed by atoms with Gasteiger partial charge in [0.15, 0.2) is 0 Å². The van der Waals surface area contributed by atoms with Gasteiger partial charge in [-0.05, 0) is 18.6 Å². The highest BCUT2D eigenvalue weighted by Crippen LogP contribution is 2.31. The second-order valence-corrected chi connectivity index (χ2v) is 4.13. The number of aryl methyl sites for hydroxylation is 1. The molecule has 0 radical (unpaired) electrons. The first kappa shape index (κ1) is 13.8. The number of nitrogen functional groups attached to an aromatic ring is 1. The number of non-ortho nitro benzene ring substituents is 1. The van der Waals surface area contributed by atoms with Gasteiger partial charge in [0.1, 0.15) is 17.3 Å². The van der Waals surface area contributed by atoms with Crippen molar-refractivity contribution in [3.8, 4) is 11.5 Å². The van der Waals surface area contributed by atoms with E-state index in [0.29, 0.717) is 11.3 Å². The van der Waals surface area contributed by atoms with Crippen LogP contribution in [0.3, 0.4) is 0 Å². The Hall–Kier alpha value is -2.67. The maximum Gasteiger partial charge on any atom is 0.275 e. The number of halogens is 1. The minimum Gasteiger partial charge on any atom is -0.457 e. The van der Waals surface area contributed by atoms with Gasteiger partial charge in [0.25, 0.3) is 5.69 Å². The average Bonchev–Trinajstić information content (AvgIpc) is 2.42. The van der Waals surface area contributed by atoms with Crippen molar-refractivity contribution in [2.45, 2.75) is 6.92 Å². The van der Waals surface area contributed by atoms with E-state index in [9.17, 15) is 14.5 Å². The molecule has 0 aliphatic rings. The Morgan fingerprint density at radius 2 is 2.05 bits per heavy atom. The lowest BCUT2D eigenvalue weighted by Gasteiger charge is -2.10. The first-order chi connectivity index (χ1) is 9.49. The molecule has 0 saturated carbocycles. The molecule has 0 aliphatic heterocycles. The fourth-order valence-corrected chi connectivity index (χ4v) is 1.64. The molecule has 6 nitrogen and oxygen atoms in total. The van der Waals surface area contributed by atoms with Gasteiger partial charge in [-0.25, -0.2) is 4.39 Å². The molecule has 0 bridgehead atoms. The molecule has 7 heteroatoms. The molecule has 2 aromatic carbocycles. The molecule has 0 saturated heterocycles. The Morgan fingerprint density at radius 3 is 2.70 bits per heavy atom. The van der Waals surface area contributed by atoms with Crippen LogP contribution in [0.15, 0.2) is 36.4 Å². The Labute approximate surface area is 114 Å². The molecule has 2 rings (SSSR count). The highest BCUT2D eigenvalue weighted by Gasteiger charge is 2.12. The van der Waals surface area contributed by atoms with E-state index in [0.717, 1.165) is 0 Å². The van der Waals surface area contributed by atoms with E-state index in [1.807, 2.05) is 0 Å². The second-order valence-electron chi connectivity index (χ2n) is 4.13. The zero-order valence-electron chi connectivity index (χ0n) is 10.6. The number of nitrogens with one attached hydrogen (secondary N) is 1. The average molecular weight is 277 g/mol. The second kappa shape index (κ2) is 5.54. The van der Waals surface area contributed by atoms with Crippen LogP contribution < -0.4 is 16.0 Å². The molecule has 3 N–H and O–H groups in total. The third-order valence-electron chi connectivity index (χ3n) is 2.65. The van der Waals surface area contributed by atoms with Crippen molar-refractivity contribution in [1.82, 2.24) is 0 Å². The molecule has 104 valence electrons. The Morgan fingerprint density at radius 1 is 1.30 bits per heavy atom. The summed E-state index contributed by atoms with van der Waals surface area (Å²) in [4.78, 5) is 10.3. The van der Waals surface area contributed by atoms with Crippen molar-refractivity contribution in [2.75, 3.05) is 5.43 Å². The number of benzene rings is 2. The summed E-state index contributed by atoms with van der Waals surface area (Å²) in [5.41, 5.74) is 3.17. The number of hydrogen-bond acceptors (Lipinski definition) is 5. The predicted molar refractivity (Wildman–Crippen MR) is 72.1 cm³/mol. The van der Waals surface area contributed by atoms with E-state index >= 15 is 0 Å². The van der Waals surface area contributed by atoms with Crippen LogP contribution in [0.2, 0.25) is 0 Å². The maximum atomic E-state index is 13.2. The highest BCUT2D eigenvalue weighted by atomic mass is 19.1. The first-order valence-corrected chi connectivity index (χ1v) is 5.69. The third kappa shape index (κ3) is 3.01. The number of ether oxygens (including phenoxy) is 1. The van der Waals surface area contributed by atoms with Crippen LogP contribution in [0.1, 0.15) is 5.56 Å². The van der Waals surface area contributed by atoms with Crippen LogP contribution in [0.4, 0.5) is 15.8 Å². The van der Waals surface area contributed by atoms with Gasteiger partial charge >= 0.3 is 0 Å². The van der Waals surface area contributed by atoms with Gasteiger partial charge in [-0.2, -0.15) is 0 Å². The van der Waals surface area contributed by atoms with Crippen LogP contribution in [-0.4, -0.2) is 4.92 Å². The summed E-state index contributed by atoms with van der Waals surface area (Å²) in [6.45, 7) is 1.74. The van der Waals surface area contributed by atoms with Gasteiger partial charge in [-0.3, -0.25) is 16.0 Å². The van der Waals surface area contributed by atoms with Gasteiger partial charge in [-0.1, -0.05) is 6.07 Å². The predicted octanol–water partition coefficient (Wildman–Crippen LogP) is 3.12. The van der Waals surface area contributed by atoms with E-state index in [-0.39, 0.29) is 17.2 Å². The molecule has 0 aromatic heterocycles. The molecular formula is C13H12FN3O3. The summed E-state index contributed by atoms with van der Waals surface area (Å²) in [7, 11) is 0. The zero-order valence-corrected chi connectivity index (χ0v) is 10.6. The van der Waals surface area contributed by atoms with Gasteiger partial charge in [0, 0.05) is 18.2 Å².